The lowest BCUT2D eigenvalue weighted by atomic mass is 9.87. The quantitative estimate of drug-likeness (QED) is 0.353. The smallest absolute Gasteiger partial charge is 0.237 e. The van der Waals surface area contributed by atoms with Gasteiger partial charge in [0.05, 0.1) is 12.6 Å². The van der Waals surface area contributed by atoms with Crippen LogP contribution in [0.1, 0.15) is 35.1 Å². The second-order valence-electron chi connectivity index (χ2n) is 8.65. The lowest BCUT2D eigenvalue weighted by Crippen LogP contribution is -2.48. The average Bonchev–Trinajstić information content (AvgIpc) is 3.22. The van der Waals surface area contributed by atoms with Gasteiger partial charge in [0, 0.05) is 36.1 Å². The van der Waals surface area contributed by atoms with Crippen molar-refractivity contribution in [3.05, 3.63) is 108 Å². The van der Waals surface area contributed by atoms with E-state index in [-0.39, 0.29) is 29.3 Å². The topological polar surface area (TPSA) is 45.5 Å². The van der Waals surface area contributed by atoms with Crippen LogP contribution in [0.15, 0.2) is 91.1 Å². The summed E-state index contributed by atoms with van der Waals surface area (Å²) in [6.45, 7) is 1.32. The Morgan fingerprint density at radius 3 is 2.33 bits per heavy atom. The number of likely N-dealkylation sites (tertiary alicyclic amines) is 1. The molecule has 0 unspecified atom stereocenters. The van der Waals surface area contributed by atoms with Crippen LogP contribution in [0.3, 0.4) is 0 Å². The zero-order valence-electron chi connectivity index (χ0n) is 18.3. The maximum atomic E-state index is 13.5. The van der Waals surface area contributed by atoms with Crippen LogP contribution < -0.4 is 0 Å². The Morgan fingerprint density at radius 1 is 0.939 bits per heavy atom. The van der Waals surface area contributed by atoms with Gasteiger partial charge in [-0.05, 0) is 29.2 Å². The molecule has 1 aromatic heterocycles. The highest BCUT2D eigenvalue weighted by atomic mass is 79.9. The number of alkyl halides is 1. The van der Waals surface area contributed by atoms with E-state index in [1.54, 1.807) is 0 Å². The molecule has 0 radical (unpaired) electrons. The van der Waals surface area contributed by atoms with Crippen molar-refractivity contribution < 1.29 is 9.90 Å². The molecule has 1 N–H and O–H groups in total. The number of rotatable bonds is 6. The summed E-state index contributed by atoms with van der Waals surface area (Å²) in [5.41, 5.74) is 4.60. The number of aromatic nitrogens is 1. The third-order valence-corrected chi connectivity index (χ3v) is 7.73. The predicted molar refractivity (Wildman–Crippen MR) is 136 cm³/mol. The van der Waals surface area contributed by atoms with Gasteiger partial charge in [0.2, 0.25) is 5.91 Å². The molecule has 0 bridgehead atoms. The van der Waals surface area contributed by atoms with Gasteiger partial charge in [0.25, 0.3) is 0 Å². The number of amides is 1. The second-order valence-corrected chi connectivity index (χ2v) is 9.64. The van der Waals surface area contributed by atoms with Crippen LogP contribution >= 0.6 is 15.9 Å². The van der Waals surface area contributed by atoms with E-state index < -0.39 is 0 Å². The van der Waals surface area contributed by atoms with Crippen LogP contribution in [-0.2, 0) is 11.3 Å². The number of para-hydroxylation sites is 1. The summed E-state index contributed by atoms with van der Waals surface area (Å²) < 4.78 is 2.29. The second kappa shape index (κ2) is 9.54. The minimum atomic E-state index is -0.333. The van der Waals surface area contributed by atoms with Crippen LogP contribution in [0.5, 0.6) is 0 Å². The van der Waals surface area contributed by atoms with Gasteiger partial charge < -0.3 is 14.6 Å². The molecule has 1 saturated heterocycles. The standard InChI is InChI=1S/C28H27BrN2O2/c29-27-23(15-16-31(28(27)33)26(19-32)21-11-5-2-6-12-21)24-18-30(17-20-9-3-1-4-10-20)25-14-8-7-13-22(24)25/h1-14,18,23,26-27,32H,15-17,19H2/t23-,26-,27-/m0/s1. The lowest BCUT2D eigenvalue weighted by molar-refractivity contribution is -0.136. The molecular weight excluding hydrogens is 476 g/mol. The molecule has 0 saturated carbocycles. The van der Waals surface area contributed by atoms with E-state index in [0.717, 1.165) is 18.5 Å². The molecule has 168 valence electrons. The van der Waals surface area contributed by atoms with Crippen molar-refractivity contribution in [1.82, 2.24) is 9.47 Å². The van der Waals surface area contributed by atoms with Crippen molar-refractivity contribution in [3.63, 3.8) is 0 Å². The molecule has 3 atom stereocenters. The molecule has 4 aromatic rings. The van der Waals surface area contributed by atoms with Gasteiger partial charge in [-0.2, -0.15) is 0 Å². The van der Waals surface area contributed by atoms with Crippen LogP contribution in [0.4, 0.5) is 0 Å². The normalized spacial score (nSPS) is 19.7. The molecule has 33 heavy (non-hydrogen) atoms. The molecule has 1 fully saturated rings. The molecule has 1 aliphatic heterocycles. The van der Waals surface area contributed by atoms with Gasteiger partial charge in [-0.1, -0.05) is 94.8 Å². The molecule has 0 spiro atoms. The summed E-state index contributed by atoms with van der Waals surface area (Å²) in [6, 6.07) is 28.4. The number of carbonyl (C=O) groups excluding carboxylic acids is 1. The average molecular weight is 503 g/mol. The summed E-state index contributed by atoms with van der Waals surface area (Å²) in [5.74, 6) is 0.111. The van der Waals surface area contributed by atoms with Crippen LogP contribution in [0.25, 0.3) is 10.9 Å². The van der Waals surface area contributed by atoms with E-state index in [1.165, 1.54) is 22.0 Å². The van der Waals surface area contributed by atoms with Crippen molar-refractivity contribution in [1.29, 1.82) is 0 Å². The lowest BCUT2D eigenvalue weighted by Gasteiger charge is -2.39. The number of nitrogens with zero attached hydrogens (tertiary/aromatic N) is 2. The van der Waals surface area contributed by atoms with E-state index >= 15 is 0 Å². The number of hydrogen-bond donors (Lipinski definition) is 1. The predicted octanol–water partition coefficient (Wildman–Crippen LogP) is 5.50. The third-order valence-electron chi connectivity index (χ3n) is 6.70. The van der Waals surface area contributed by atoms with Gasteiger partial charge in [-0.3, -0.25) is 4.79 Å². The summed E-state index contributed by atoms with van der Waals surface area (Å²) in [4.78, 5) is 15.0. The fourth-order valence-electron chi connectivity index (χ4n) is 5.03. The summed E-state index contributed by atoms with van der Waals surface area (Å²) >= 11 is 3.75. The molecule has 5 rings (SSSR count). The highest BCUT2D eigenvalue weighted by molar-refractivity contribution is 9.10. The largest absolute Gasteiger partial charge is 0.394 e. The Hall–Kier alpha value is -2.89. The Kier molecular flexibility index (Phi) is 6.34. The van der Waals surface area contributed by atoms with Gasteiger partial charge in [0.1, 0.15) is 4.83 Å². The molecule has 1 amide bonds. The molecule has 3 aromatic carbocycles. The van der Waals surface area contributed by atoms with E-state index in [2.05, 4.69) is 75.2 Å². The number of carbonyl (C=O) groups is 1. The first kappa shape index (κ1) is 21.9. The van der Waals surface area contributed by atoms with Gasteiger partial charge in [-0.15, -0.1) is 0 Å². The number of hydrogen-bond acceptors (Lipinski definition) is 2. The minimum Gasteiger partial charge on any atom is -0.394 e. The fraction of sp³-hybridized carbons (Fsp3) is 0.250. The zero-order chi connectivity index (χ0) is 22.8. The first-order valence-corrected chi connectivity index (χ1v) is 12.3. The van der Waals surface area contributed by atoms with Gasteiger partial charge in [0.15, 0.2) is 0 Å². The molecule has 1 aliphatic rings. The highest BCUT2D eigenvalue weighted by Gasteiger charge is 2.39. The Morgan fingerprint density at radius 2 is 1.61 bits per heavy atom. The Labute approximate surface area is 202 Å². The molecule has 2 heterocycles. The number of benzene rings is 3. The Bertz CT molecular complexity index is 1240. The van der Waals surface area contributed by atoms with Gasteiger partial charge >= 0.3 is 0 Å². The highest BCUT2D eigenvalue weighted by Crippen LogP contribution is 2.40. The van der Waals surface area contributed by atoms with Crippen molar-refractivity contribution in [2.45, 2.75) is 29.8 Å². The Balaban J connectivity index is 1.45. The number of aliphatic hydroxyl groups excluding tert-OH is 1. The number of piperidine rings is 1. The first-order valence-electron chi connectivity index (χ1n) is 11.4. The molecule has 0 aliphatic carbocycles. The van der Waals surface area contributed by atoms with E-state index in [4.69, 9.17) is 0 Å². The van der Waals surface area contributed by atoms with Crippen molar-refractivity contribution >= 4 is 32.7 Å². The maximum Gasteiger partial charge on any atom is 0.237 e. The molecular formula is C28H27BrN2O2. The molecule has 5 heteroatoms. The van der Waals surface area contributed by atoms with Gasteiger partial charge in [-0.25, -0.2) is 0 Å². The monoisotopic (exact) mass is 502 g/mol. The van der Waals surface area contributed by atoms with Crippen molar-refractivity contribution in [2.75, 3.05) is 13.2 Å². The summed E-state index contributed by atoms with van der Waals surface area (Å²) in [6.07, 6.45) is 3.06. The van der Waals surface area contributed by atoms with Crippen LogP contribution in [0, 0.1) is 0 Å². The summed E-state index contributed by atoms with van der Waals surface area (Å²) in [5, 5.41) is 11.3. The van der Waals surface area contributed by atoms with Crippen molar-refractivity contribution in [3.8, 4) is 0 Å². The molecule has 4 nitrogen and oxygen atoms in total. The van der Waals surface area contributed by atoms with E-state index in [1.807, 2.05) is 41.3 Å². The minimum absolute atomic E-state index is 0.0362. The number of halogens is 1. The van der Waals surface area contributed by atoms with E-state index in [9.17, 15) is 9.90 Å². The van der Waals surface area contributed by atoms with Crippen LogP contribution in [-0.4, -0.2) is 38.5 Å². The SMILES string of the molecule is O=C1[C@@H](Br)[C@H](c2cn(Cc3ccccc3)c3ccccc23)CCN1[C@@H](CO)c1ccccc1. The first-order chi connectivity index (χ1) is 16.2. The van der Waals surface area contributed by atoms with E-state index in [0.29, 0.717) is 6.54 Å². The number of fused-ring (bicyclic) bond motifs is 1. The van der Waals surface area contributed by atoms with Crippen molar-refractivity contribution in [2.24, 2.45) is 0 Å². The van der Waals surface area contributed by atoms with Crippen LogP contribution in [0.2, 0.25) is 0 Å². The number of aliphatic hydroxyl groups is 1. The maximum absolute atomic E-state index is 13.5. The summed E-state index contributed by atoms with van der Waals surface area (Å²) in [7, 11) is 0. The third kappa shape index (κ3) is 4.23. The fourth-order valence-corrected chi connectivity index (χ4v) is 5.84. The zero-order valence-corrected chi connectivity index (χ0v) is 19.9.